The van der Waals surface area contributed by atoms with Crippen molar-refractivity contribution >= 4 is 34.0 Å². The predicted octanol–water partition coefficient (Wildman–Crippen LogP) is 4.80. The Bertz CT molecular complexity index is 984. The zero-order valence-corrected chi connectivity index (χ0v) is 13.7. The molecule has 25 heavy (non-hydrogen) atoms. The normalized spacial score (nSPS) is 10.7. The van der Waals surface area contributed by atoms with E-state index >= 15 is 0 Å². The number of phenols is 1. The minimum absolute atomic E-state index is 0.105. The maximum absolute atomic E-state index is 11.4. The Labute approximate surface area is 147 Å². The molecule has 0 atom stereocenters. The van der Waals surface area contributed by atoms with E-state index in [1.54, 1.807) is 36.4 Å². The van der Waals surface area contributed by atoms with E-state index in [1.165, 1.54) is 12.1 Å². The van der Waals surface area contributed by atoms with Crippen molar-refractivity contribution in [3.63, 3.8) is 0 Å². The van der Waals surface area contributed by atoms with Crippen LogP contribution < -0.4 is 5.73 Å². The number of phenolic OH excluding ortho intramolecular Hbond substituents is 1. The fourth-order valence-corrected chi connectivity index (χ4v) is 3.16. The number of rotatable bonds is 4. The van der Waals surface area contributed by atoms with Gasteiger partial charge < -0.3 is 10.8 Å². The fraction of sp³-hybridized carbons (Fsp3) is 0. The second-order valence-electron chi connectivity index (χ2n) is 5.09. The van der Waals surface area contributed by atoms with Gasteiger partial charge in [-0.2, -0.15) is 5.26 Å². The van der Waals surface area contributed by atoms with Crippen molar-refractivity contribution in [1.82, 2.24) is 0 Å². The smallest absolute Gasteiger partial charge is 0.160 e. The molecule has 3 N–H and O–H groups in total. The number of nitrogen functional groups attached to an aromatic ring is 1. The molecule has 0 aliphatic heterocycles. The first-order chi connectivity index (χ1) is 12.1. The van der Waals surface area contributed by atoms with E-state index in [1.807, 2.05) is 0 Å². The molecule has 3 aromatic rings. The van der Waals surface area contributed by atoms with Gasteiger partial charge in [-0.25, -0.2) is 0 Å². The second kappa shape index (κ2) is 6.95. The molecule has 1 heterocycles. The summed E-state index contributed by atoms with van der Waals surface area (Å²) in [7, 11) is 0. The van der Waals surface area contributed by atoms with Gasteiger partial charge >= 0.3 is 0 Å². The van der Waals surface area contributed by atoms with Gasteiger partial charge in [0, 0.05) is 11.3 Å². The summed E-state index contributed by atoms with van der Waals surface area (Å²) in [5.41, 5.74) is 8.25. The second-order valence-corrected chi connectivity index (χ2v) is 6.12. The molecule has 122 valence electrons. The summed E-state index contributed by atoms with van der Waals surface area (Å²) in [4.78, 5) is 11.8. The number of hydrogen-bond donors (Lipinski definition) is 2. The van der Waals surface area contributed by atoms with Gasteiger partial charge in [0.25, 0.3) is 0 Å². The Hall–Kier alpha value is -3.50. The molecule has 0 bridgehead atoms. The molecule has 0 radical (unpaired) electrons. The highest BCUT2D eigenvalue weighted by Crippen LogP contribution is 2.41. The van der Waals surface area contributed by atoms with Crippen molar-refractivity contribution in [1.29, 1.82) is 5.26 Å². The summed E-state index contributed by atoms with van der Waals surface area (Å²) in [6, 6.07) is 15.2. The Balaban J connectivity index is 2.06. The topological polar surface area (TPSA) is 112 Å². The number of azo groups is 1. The van der Waals surface area contributed by atoms with Crippen molar-refractivity contribution in [2.75, 3.05) is 5.73 Å². The average molecular weight is 348 g/mol. The first-order valence-electron chi connectivity index (χ1n) is 7.21. The molecule has 0 aliphatic rings. The van der Waals surface area contributed by atoms with Crippen LogP contribution in [0.3, 0.4) is 0 Å². The molecule has 0 spiro atoms. The van der Waals surface area contributed by atoms with Crippen molar-refractivity contribution in [3.8, 4) is 22.9 Å². The van der Waals surface area contributed by atoms with Crippen LogP contribution in [0.1, 0.15) is 15.2 Å². The van der Waals surface area contributed by atoms with Crippen molar-refractivity contribution in [2.24, 2.45) is 10.2 Å². The summed E-state index contributed by atoms with van der Waals surface area (Å²) in [6.45, 7) is 0. The molecule has 2 aromatic carbocycles. The molecule has 0 saturated heterocycles. The van der Waals surface area contributed by atoms with E-state index in [9.17, 15) is 15.2 Å². The van der Waals surface area contributed by atoms with Crippen molar-refractivity contribution < 1.29 is 9.90 Å². The van der Waals surface area contributed by atoms with Crippen LogP contribution in [0, 0.1) is 11.3 Å². The van der Waals surface area contributed by atoms with Crippen LogP contribution in [0.2, 0.25) is 0 Å². The number of anilines is 1. The zero-order chi connectivity index (χ0) is 17.8. The van der Waals surface area contributed by atoms with E-state index in [2.05, 4.69) is 16.3 Å². The number of carbonyl (C=O) groups excluding carboxylic acids is 1. The van der Waals surface area contributed by atoms with E-state index < -0.39 is 0 Å². The largest absolute Gasteiger partial charge is 0.508 e. The van der Waals surface area contributed by atoms with E-state index in [-0.39, 0.29) is 11.3 Å². The monoisotopic (exact) mass is 348 g/mol. The SMILES string of the molecule is N#Cc1c(N=Nc2ccc(N)cc2)sc(C=O)c1-c1ccc(O)cc1. The maximum Gasteiger partial charge on any atom is 0.160 e. The number of nitrogens with two attached hydrogens (primary N) is 1. The lowest BCUT2D eigenvalue weighted by Crippen LogP contribution is -1.84. The number of hydrogen-bond acceptors (Lipinski definition) is 7. The molecule has 0 amide bonds. The molecule has 0 unspecified atom stereocenters. The Morgan fingerprint density at radius 3 is 2.36 bits per heavy atom. The van der Waals surface area contributed by atoms with Gasteiger partial charge in [0.05, 0.1) is 16.1 Å². The summed E-state index contributed by atoms with van der Waals surface area (Å²) in [5, 5.41) is 27.5. The van der Waals surface area contributed by atoms with Crippen LogP contribution in [0.15, 0.2) is 58.8 Å². The van der Waals surface area contributed by atoms with Gasteiger partial charge in [0.15, 0.2) is 11.3 Å². The highest BCUT2D eigenvalue weighted by Gasteiger charge is 2.19. The zero-order valence-electron chi connectivity index (χ0n) is 12.9. The maximum atomic E-state index is 11.4. The van der Waals surface area contributed by atoms with Crippen LogP contribution in [0.5, 0.6) is 5.75 Å². The Morgan fingerprint density at radius 2 is 1.76 bits per heavy atom. The van der Waals surface area contributed by atoms with Crippen molar-refractivity contribution in [2.45, 2.75) is 0 Å². The van der Waals surface area contributed by atoms with Gasteiger partial charge in [0.2, 0.25) is 0 Å². The lowest BCUT2D eigenvalue weighted by atomic mass is 10.0. The van der Waals surface area contributed by atoms with E-state index in [0.717, 1.165) is 11.3 Å². The van der Waals surface area contributed by atoms with Gasteiger partial charge in [0.1, 0.15) is 11.8 Å². The average Bonchev–Trinajstić information content (AvgIpc) is 2.99. The highest BCUT2D eigenvalue weighted by atomic mass is 32.1. The van der Waals surface area contributed by atoms with Gasteiger partial charge in [-0.15, -0.1) is 21.6 Å². The van der Waals surface area contributed by atoms with Crippen LogP contribution >= 0.6 is 11.3 Å². The number of nitriles is 1. The minimum Gasteiger partial charge on any atom is -0.508 e. The number of nitrogens with zero attached hydrogens (tertiary/aromatic N) is 3. The van der Waals surface area contributed by atoms with Crippen molar-refractivity contribution in [3.05, 3.63) is 59.0 Å². The van der Waals surface area contributed by atoms with Crippen LogP contribution in [0.4, 0.5) is 16.4 Å². The molecule has 0 fully saturated rings. The Morgan fingerprint density at radius 1 is 1.08 bits per heavy atom. The van der Waals surface area contributed by atoms with Gasteiger partial charge in [-0.3, -0.25) is 4.79 Å². The van der Waals surface area contributed by atoms with Crippen LogP contribution in [-0.4, -0.2) is 11.4 Å². The highest BCUT2D eigenvalue weighted by molar-refractivity contribution is 7.18. The molecule has 1 aromatic heterocycles. The third-order valence-corrected chi connectivity index (χ3v) is 4.44. The minimum atomic E-state index is 0.105. The number of carbonyl (C=O) groups is 1. The molecule has 6 nitrogen and oxygen atoms in total. The van der Waals surface area contributed by atoms with Gasteiger partial charge in [-0.05, 0) is 42.0 Å². The molecule has 0 aliphatic carbocycles. The lowest BCUT2D eigenvalue weighted by Gasteiger charge is -2.01. The van der Waals surface area contributed by atoms with E-state index in [0.29, 0.717) is 38.7 Å². The summed E-state index contributed by atoms with van der Waals surface area (Å²) in [6.07, 6.45) is 0.690. The number of aldehydes is 1. The Kier molecular flexibility index (Phi) is 4.55. The molecule has 7 heteroatoms. The van der Waals surface area contributed by atoms with Gasteiger partial charge in [-0.1, -0.05) is 12.1 Å². The summed E-state index contributed by atoms with van der Waals surface area (Å²) in [5.74, 6) is 0.105. The number of benzene rings is 2. The molecular weight excluding hydrogens is 336 g/mol. The van der Waals surface area contributed by atoms with Crippen LogP contribution in [-0.2, 0) is 0 Å². The molecule has 3 rings (SSSR count). The quantitative estimate of drug-likeness (QED) is 0.400. The first kappa shape index (κ1) is 16.4. The first-order valence-corrected chi connectivity index (χ1v) is 8.02. The summed E-state index contributed by atoms with van der Waals surface area (Å²) < 4.78 is 0. The van der Waals surface area contributed by atoms with E-state index in [4.69, 9.17) is 5.73 Å². The number of thiophene rings is 1. The lowest BCUT2D eigenvalue weighted by molar-refractivity contribution is 0.112. The standard InChI is InChI=1S/C18H12N4O2S/c19-9-15-17(11-1-7-14(24)8-2-11)16(10-23)25-18(15)22-21-13-5-3-12(20)4-6-13/h1-8,10,24H,20H2. The third-order valence-electron chi connectivity index (χ3n) is 3.44. The van der Waals surface area contributed by atoms with Crippen LogP contribution in [0.25, 0.3) is 11.1 Å². The predicted molar refractivity (Wildman–Crippen MR) is 96.6 cm³/mol. The summed E-state index contributed by atoms with van der Waals surface area (Å²) >= 11 is 1.09. The molecule has 0 saturated carbocycles. The third kappa shape index (κ3) is 3.39. The fourth-order valence-electron chi connectivity index (χ4n) is 2.25. The molecular formula is C18H12N4O2S. The number of aromatic hydroxyl groups is 1.